The van der Waals surface area contributed by atoms with Crippen LogP contribution < -0.4 is 5.73 Å². The third-order valence-electron chi connectivity index (χ3n) is 3.62. The van der Waals surface area contributed by atoms with Gasteiger partial charge in [-0.05, 0) is 35.9 Å². The van der Waals surface area contributed by atoms with Crippen molar-refractivity contribution in [3.63, 3.8) is 0 Å². The Morgan fingerprint density at radius 2 is 1.87 bits per heavy atom. The Bertz CT molecular complexity index is 894. The number of hydrogen-bond acceptors (Lipinski definition) is 4. The molecular weight excluding hydrogens is 328 g/mol. The first kappa shape index (κ1) is 14.4. The lowest BCUT2D eigenvalue weighted by Crippen LogP contribution is -2.13. The van der Waals surface area contributed by atoms with Crippen LogP contribution in [0.15, 0.2) is 59.6 Å². The molecule has 114 valence electrons. The van der Waals surface area contributed by atoms with Crippen molar-refractivity contribution in [2.75, 3.05) is 0 Å². The molecule has 0 aliphatic carbocycles. The van der Waals surface area contributed by atoms with Crippen LogP contribution in [0, 0.1) is 0 Å². The van der Waals surface area contributed by atoms with Crippen molar-refractivity contribution in [1.29, 1.82) is 0 Å². The maximum atomic E-state index is 6.02. The number of H-pyrrole nitrogens is 1. The first-order valence-electron chi connectivity index (χ1n) is 7.12. The van der Waals surface area contributed by atoms with Gasteiger partial charge in [0.15, 0.2) is 11.0 Å². The van der Waals surface area contributed by atoms with E-state index in [-0.39, 0.29) is 5.25 Å². The smallest absolute Gasteiger partial charge is 0.160 e. The fourth-order valence-corrected chi connectivity index (χ4v) is 3.54. The molecule has 2 aromatic carbocycles. The number of hydrogen-bond donors (Lipinski definition) is 2. The Labute approximate surface area is 142 Å². The number of amidine groups is 1. The van der Waals surface area contributed by atoms with Crippen molar-refractivity contribution >= 4 is 45.3 Å². The molecule has 0 radical (unpaired) electrons. The van der Waals surface area contributed by atoms with Crippen LogP contribution in [-0.2, 0) is 0 Å². The molecule has 3 N–H and O–H groups in total. The average molecular weight is 341 g/mol. The van der Waals surface area contributed by atoms with Crippen molar-refractivity contribution in [1.82, 2.24) is 9.97 Å². The van der Waals surface area contributed by atoms with E-state index in [1.54, 1.807) is 0 Å². The van der Waals surface area contributed by atoms with Gasteiger partial charge in [0.25, 0.3) is 0 Å². The molecule has 0 saturated carbocycles. The van der Waals surface area contributed by atoms with Gasteiger partial charge < -0.3 is 10.7 Å². The van der Waals surface area contributed by atoms with E-state index in [0.717, 1.165) is 33.1 Å². The van der Waals surface area contributed by atoms with Crippen molar-refractivity contribution in [2.45, 2.75) is 5.25 Å². The summed E-state index contributed by atoms with van der Waals surface area (Å²) in [5.74, 6) is 0.730. The minimum absolute atomic E-state index is 0.0907. The van der Waals surface area contributed by atoms with E-state index in [9.17, 15) is 0 Å². The maximum absolute atomic E-state index is 6.02. The lowest BCUT2D eigenvalue weighted by atomic mass is 10.1. The van der Waals surface area contributed by atoms with Gasteiger partial charge >= 0.3 is 0 Å². The normalized spacial score (nSPS) is 17.9. The highest BCUT2D eigenvalue weighted by Gasteiger charge is 2.20. The average Bonchev–Trinajstić information content (AvgIpc) is 2.99. The summed E-state index contributed by atoms with van der Waals surface area (Å²) < 4.78 is 0. The fraction of sp³-hybridized carbons (Fsp3) is 0.0588. The van der Waals surface area contributed by atoms with Gasteiger partial charge in [-0.25, -0.2) is 9.98 Å². The summed E-state index contributed by atoms with van der Waals surface area (Å²) in [4.78, 5) is 12.3. The minimum Gasteiger partial charge on any atom is -0.378 e. The van der Waals surface area contributed by atoms with Crippen molar-refractivity contribution < 1.29 is 0 Å². The second-order valence-corrected chi connectivity index (χ2v) is 6.79. The van der Waals surface area contributed by atoms with Gasteiger partial charge in [-0.2, -0.15) is 0 Å². The van der Waals surface area contributed by atoms with E-state index < -0.39 is 0 Å². The van der Waals surface area contributed by atoms with Gasteiger partial charge in [0.05, 0.1) is 16.3 Å². The number of aliphatic imine (C=N–C) groups is 1. The number of nitrogens with zero attached hydrogens (tertiary/aromatic N) is 2. The molecule has 0 fully saturated rings. The van der Waals surface area contributed by atoms with Crippen LogP contribution in [-0.4, -0.2) is 15.1 Å². The number of nitrogens with one attached hydrogen (secondary N) is 1. The number of para-hydroxylation sites is 2. The number of thioether (sulfide) groups is 1. The monoisotopic (exact) mass is 340 g/mol. The minimum atomic E-state index is 0.0907. The van der Waals surface area contributed by atoms with Crippen molar-refractivity contribution in [3.8, 4) is 0 Å². The van der Waals surface area contributed by atoms with E-state index in [0.29, 0.717) is 5.17 Å². The predicted molar refractivity (Wildman–Crippen MR) is 97.5 cm³/mol. The van der Waals surface area contributed by atoms with E-state index in [2.05, 4.69) is 21.0 Å². The van der Waals surface area contributed by atoms with Gasteiger partial charge in [0.2, 0.25) is 0 Å². The van der Waals surface area contributed by atoms with E-state index in [1.807, 2.05) is 48.5 Å². The Balaban J connectivity index is 1.75. The predicted octanol–water partition coefficient (Wildman–Crippen LogP) is 4.36. The van der Waals surface area contributed by atoms with E-state index >= 15 is 0 Å². The zero-order chi connectivity index (χ0) is 15.8. The molecule has 1 aliphatic rings. The number of aromatic nitrogens is 2. The molecule has 0 saturated heterocycles. The number of imidazole rings is 1. The number of halogens is 1. The standard InChI is InChI=1S/C17H13ClN4S/c18-11-7-5-10(6-8-11)15-9-14(22-17(19)23-15)16-20-12-3-1-2-4-13(12)21-16/h1-9,15H,(H2,19,22)(H,20,21). The van der Waals surface area contributed by atoms with Crippen LogP contribution in [0.5, 0.6) is 0 Å². The third-order valence-corrected chi connectivity index (χ3v) is 4.87. The maximum Gasteiger partial charge on any atom is 0.160 e. The Morgan fingerprint density at radius 3 is 2.65 bits per heavy atom. The van der Waals surface area contributed by atoms with Gasteiger partial charge in [0, 0.05) is 5.02 Å². The Kier molecular flexibility index (Phi) is 3.59. The molecule has 0 bridgehead atoms. The number of benzene rings is 2. The quantitative estimate of drug-likeness (QED) is 0.728. The summed E-state index contributed by atoms with van der Waals surface area (Å²) in [6, 6.07) is 15.7. The second kappa shape index (κ2) is 5.76. The summed E-state index contributed by atoms with van der Waals surface area (Å²) in [6.45, 7) is 0. The van der Waals surface area contributed by atoms with Crippen molar-refractivity contribution in [3.05, 3.63) is 71.0 Å². The molecule has 1 unspecified atom stereocenters. The Morgan fingerprint density at radius 1 is 1.09 bits per heavy atom. The zero-order valence-corrected chi connectivity index (χ0v) is 13.6. The topological polar surface area (TPSA) is 67.1 Å². The largest absolute Gasteiger partial charge is 0.378 e. The first-order chi connectivity index (χ1) is 11.2. The highest BCUT2D eigenvalue weighted by molar-refractivity contribution is 8.14. The molecule has 1 atom stereocenters. The highest BCUT2D eigenvalue weighted by Crippen LogP contribution is 2.37. The summed E-state index contributed by atoms with van der Waals surface area (Å²) in [7, 11) is 0. The molecule has 1 aliphatic heterocycles. The lowest BCUT2D eigenvalue weighted by molar-refractivity contribution is 1.18. The second-order valence-electron chi connectivity index (χ2n) is 5.19. The Hall–Kier alpha value is -2.24. The van der Waals surface area contributed by atoms with E-state index in [1.165, 1.54) is 11.8 Å². The molecule has 6 heteroatoms. The summed E-state index contributed by atoms with van der Waals surface area (Å²) in [5.41, 5.74) is 9.81. The van der Waals surface area contributed by atoms with Crippen LogP contribution in [0.2, 0.25) is 5.02 Å². The number of rotatable bonds is 2. The molecule has 0 amide bonds. The van der Waals surface area contributed by atoms with Gasteiger partial charge in [-0.1, -0.05) is 47.6 Å². The number of fused-ring (bicyclic) bond motifs is 1. The van der Waals surface area contributed by atoms with Crippen LogP contribution in [0.4, 0.5) is 0 Å². The fourth-order valence-electron chi connectivity index (χ4n) is 2.51. The van der Waals surface area contributed by atoms with Crippen molar-refractivity contribution in [2.24, 2.45) is 10.7 Å². The van der Waals surface area contributed by atoms with E-state index in [4.69, 9.17) is 17.3 Å². The van der Waals surface area contributed by atoms with Gasteiger partial charge in [-0.15, -0.1) is 0 Å². The zero-order valence-electron chi connectivity index (χ0n) is 12.0. The molecule has 2 heterocycles. The lowest BCUT2D eigenvalue weighted by Gasteiger charge is -2.18. The van der Waals surface area contributed by atoms with Gasteiger partial charge in [-0.3, -0.25) is 0 Å². The molecule has 3 aromatic rings. The van der Waals surface area contributed by atoms with Crippen LogP contribution in [0.3, 0.4) is 0 Å². The molecule has 0 spiro atoms. The first-order valence-corrected chi connectivity index (χ1v) is 8.38. The number of nitrogens with two attached hydrogens (primary N) is 1. The molecule has 1 aromatic heterocycles. The van der Waals surface area contributed by atoms with Crippen LogP contribution >= 0.6 is 23.4 Å². The molecule has 4 nitrogen and oxygen atoms in total. The SMILES string of the molecule is NC1=NC(c2nc3ccccc3[nH]2)=CC(c2ccc(Cl)cc2)S1. The summed E-state index contributed by atoms with van der Waals surface area (Å²) in [5, 5.41) is 1.34. The van der Waals surface area contributed by atoms with Gasteiger partial charge in [0.1, 0.15) is 5.70 Å². The highest BCUT2D eigenvalue weighted by atomic mass is 35.5. The summed E-state index contributed by atoms with van der Waals surface area (Å²) in [6.07, 6.45) is 2.07. The number of aromatic amines is 1. The molecule has 4 rings (SSSR count). The van der Waals surface area contributed by atoms with Crippen LogP contribution in [0.25, 0.3) is 16.7 Å². The van der Waals surface area contributed by atoms with Crippen LogP contribution in [0.1, 0.15) is 16.6 Å². The molecular formula is C17H13ClN4S. The molecule has 23 heavy (non-hydrogen) atoms. The summed E-state index contributed by atoms with van der Waals surface area (Å²) >= 11 is 7.48. The third kappa shape index (κ3) is 2.85.